The molecule has 1 aromatic rings. The van der Waals surface area contributed by atoms with Gasteiger partial charge in [0.1, 0.15) is 5.02 Å². The molecule has 1 saturated heterocycles. The van der Waals surface area contributed by atoms with Crippen LogP contribution in [0.5, 0.6) is 5.88 Å². The van der Waals surface area contributed by atoms with Crippen molar-refractivity contribution in [3.8, 4) is 5.88 Å². The molecule has 17 heavy (non-hydrogen) atoms. The standard InChI is InChI=1S/C10H13ClN2O3S/c1-16-10-9(11)6-7(12-13-10)5-8-3-2-4-17(8,14)15/h6,8H,2-5H2,1H3. The maximum absolute atomic E-state index is 11.7. The molecule has 1 aliphatic heterocycles. The summed E-state index contributed by atoms with van der Waals surface area (Å²) < 4.78 is 28.2. The second-order valence-electron chi connectivity index (χ2n) is 4.03. The minimum absolute atomic E-state index is 0.254. The Morgan fingerprint density at radius 2 is 2.29 bits per heavy atom. The number of halogens is 1. The average Bonchev–Trinajstić information content (AvgIpc) is 2.59. The molecule has 2 rings (SSSR count). The van der Waals surface area contributed by atoms with Crippen LogP contribution in [0.3, 0.4) is 0 Å². The Balaban J connectivity index is 2.17. The molecule has 0 aromatic carbocycles. The molecule has 0 amide bonds. The molecular formula is C10H13ClN2O3S. The van der Waals surface area contributed by atoms with Crippen molar-refractivity contribution in [2.75, 3.05) is 12.9 Å². The lowest BCUT2D eigenvalue weighted by Gasteiger charge is -2.08. The van der Waals surface area contributed by atoms with Gasteiger partial charge in [0.25, 0.3) is 5.88 Å². The Hall–Kier alpha value is -0.880. The van der Waals surface area contributed by atoms with Crippen LogP contribution in [0.4, 0.5) is 0 Å². The zero-order valence-electron chi connectivity index (χ0n) is 9.39. The lowest BCUT2D eigenvalue weighted by Crippen LogP contribution is -2.19. The molecule has 1 aromatic heterocycles. The van der Waals surface area contributed by atoms with Gasteiger partial charge >= 0.3 is 0 Å². The smallest absolute Gasteiger partial charge is 0.252 e. The van der Waals surface area contributed by atoms with Crippen LogP contribution in [0.25, 0.3) is 0 Å². The van der Waals surface area contributed by atoms with Crippen LogP contribution in [-0.4, -0.2) is 36.7 Å². The normalized spacial score (nSPS) is 22.6. The predicted molar refractivity (Wildman–Crippen MR) is 64.1 cm³/mol. The average molecular weight is 277 g/mol. The molecule has 0 spiro atoms. The summed E-state index contributed by atoms with van der Waals surface area (Å²) in [5, 5.41) is 7.71. The molecule has 5 nitrogen and oxygen atoms in total. The van der Waals surface area contributed by atoms with E-state index in [0.717, 1.165) is 6.42 Å². The van der Waals surface area contributed by atoms with Gasteiger partial charge in [0, 0.05) is 6.42 Å². The second kappa shape index (κ2) is 4.78. The van der Waals surface area contributed by atoms with Crippen molar-refractivity contribution in [1.82, 2.24) is 10.2 Å². The molecule has 1 fully saturated rings. The first kappa shape index (κ1) is 12.6. The fraction of sp³-hybridized carbons (Fsp3) is 0.600. The number of aromatic nitrogens is 2. The number of hydrogen-bond acceptors (Lipinski definition) is 5. The van der Waals surface area contributed by atoms with Gasteiger partial charge in [0.05, 0.1) is 23.8 Å². The highest BCUT2D eigenvalue weighted by molar-refractivity contribution is 7.92. The molecule has 1 aliphatic rings. The molecule has 94 valence electrons. The largest absolute Gasteiger partial charge is 0.479 e. The topological polar surface area (TPSA) is 69.2 Å². The third-order valence-electron chi connectivity index (χ3n) is 2.86. The Morgan fingerprint density at radius 1 is 1.53 bits per heavy atom. The van der Waals surface area contributed by atoms with E-state index in [9.17, 15) is 8.42 Å². The van der Waals surface area contributed by atoms with Gasteiger partial charge in [0.15, 0.2) is 9.84 Å². The summed E-state index contributed by atoms with van der Waals surface area (Å²) in [6.07, 6.45) is 1.79. The van der Waals surface area contributed by atoms with E-state index < -0.39 is 9.84 Å². The van der Waals surface area contributed by atoms with Crippen molar-refractivity contribution in [3.63, 3.8) is 0 Å². The van der Waals surface area contributed by atoms with Gasteiger partial charge in [-0.1, -0.05) is 11.6 Å². The second-order valence-corrected chi connectivity index (χ2v) is 6.84. The van der Waals surface area contributed by atoms with Gasteiger partial charge in [0.2, 0.25) is 0 Å². The SMILES string of the molecule is COc1nnc(CC2CCCS2(=O)=O)cc1Cl. The fourth-order valence-electron chi connectivity index (χ4n) is 1.95. The summed E-state index contributed by atoms with van der Waals surface area (Å²) in [5.74, 6) is 0.527. The third-order valence-corrected chi connectivity index (χ3v) is 5.41. The van der Waals surface area contributed by atoms with Crippen molar-refractivity contribution in [3.05, 3.63) is 16.8 Å². The van der Waals surface area contributed by atoms with Crippen molar-refractivity contribution in [2.45, 2.75) is 24.5 Å². The van der Waals surface area contributed by atoms with Gasteiger partial charge in [-0.3, -0.25) is 0 Å². The van der Waals surface area contributed by atoms with Crippen LogP contribution < -0.4 is 4.74 Å². The van der Waals surface area contributed by atoms with Crippen molar-refractivity contribution in [1.29, 1.82) is 0 Å². The maximum Gasteiger partial charge on any atom is 0.252 e. The third kappa shape index (κ3) is 2.69. The number of sulfone groups is 1. The summed E-state index contributed by atoms with van der Waals surface area (Å²) in [7, 11) is -1.50. The predicted octanol–water partition coefficient (Wildman–Crippen LogP) is 1.26. The highest BCUT2D eigenvalue weighted by atomic mass is 35.5. The first-order valence-electron chi connectivity index (χ1n) is 5.30. The highest BCUT2D eigenvalue weighted by Gasteiger charge is 2.31. The molecule has 0 radical (unpaired) electrons. The number of ether oxygens (including phenoxy) is 1. The summed E-state index contributed by atoms with van der Waals surface area (Å²) in [6.45, 7) is 0. The first-order chi connectivity index (χ1) is 8.03. The Bertz CT molecular complexity index is 518. The van der Waals surface area contributed by atoms with Crippen LogP contribution in [0, 0.1) is 0 Å². The van der Waals surface area contributed by atoms with Gasteiger partial charge in [-0.25, -0.2) is 8.42 Å². The zero-order chi connectivity index (χ0) is 12.5. The zero-order valence-corrected chi connectivity index (χ0v) is 11.0. The molecule has 2 heterocycles. The lowest BCUT2D eigenvalue weighted by atomic mass is 10.1. The Kier molecular flexibility index (Phi) is 3.53. The summed E-state index contributed by atoms with van der Waals surface area (Å²) >= 11 is 5.91. The van der Waals surface area contributed by atoms with E-state index in [1.807, 2.05) is 0 Å². The number of rotatable bonds is 3. The molecule has 0 N–H and O–H groups in total. The van der Waals surface area contributed by atoms with Crippen LogP contribution in [-0.2, 0) is 16.3 Å². The number of hydrogen-bond donors (Lipinski definition) is 0. The molecule has 7 heteroatoms. The van der Waals surface area contributed by atoms with Crippen LogP contribution in [0.1, 0.15) is 18.5 Å². The molecule has 1 unspecified atom stereocenters. The van der Waals surface area contributed by atoms with Crippen molar-refractivity contribution in [2.24, 2.45) is 0 Å². The molecule has 0 bridgehead atoms. The van der Waals surface area contributed by atoms with E-state index in [1.165, 1.54) is 7.11 Å². The minimum atomic E-state index is -2.96. The summed E-state index contributed by atoms with van der Waals surface area (Å²) in [5.41, 5.74) is 0.589. The summed E-state index contributed by atoms with van der Waals surface area (Å²) in [6, 6.07) is 1.61. The minimum Gasteiger partial charge on any atom is -0.479 e. The van der Waals surface area contributed by atoms with E-state index in [2.05, 4.69) is 10.2 Å². The van der Waals surface area contributed by atoms with Gasteiger partial charge < -0.3 is 4.74 Å². The van der Waals surface area contributed by atoms with E-state index in [0.29, 0.717) is 23.6 Å². The molecule has 0 saturated carbocycles. The first-order valence-corrected chi connectivity index (χ1v) is 7.40. The Labute approximate surface area is 105 Å². The van der Waals surface area contributed by atoms with E-state index >= 15 is 0 Å². The van der Waals surface area contributed by atoms with Gasteiger partial charge in [-0.2, -0.15) is 5.10 Å². The molecule has 1 atom stereocenters. The summed E-state index contributed by atoms with van der Waals surface area (Å²) in [4.78, 5) is 0. The van der Waals surface area contributed by atoms with Crippen LogP contribution in [0.2, 0.25) is 5.02 Å². The monoisotopic (exact) mass is 276 g/mol. The lowest BCUT2D eigenvalue weighted by molar-refractivity contribution is 0.391. The Morgan fingerprint density at radius 3 is 2.82 bits per heavy atom. The van der Waals surface area contributed by atoms with Gasteiger partial charge in [-0.05, 0) is 18.9 Å². The van der Waals surface area contributed by atoms with E-state index in [-0.39, 0.29) is 16.9 Å². The highest BCUT2D eigenvalue weighted by Crippen LogP contribution is 2.25. The quantitative estimate of drug-likeness (QED) is 0.831. The van der Waals surface area contributed by atoms with Crippen molar-refractivity contribution >= 4 is 21.4 Å². The van der Waals surface area contributed by atoms with Crippen LogP contribution >= 0.6 is 11.6 Å². The van der Waals surface area contributed by atoms with Crippen LogP contribution in [0.15, 0.2) is 6.07 Å². The molecular weight excluding hydrogens is 264 g/mol. The fourth-order valence-corrected chi connectivity index (χ4v) is 4.05. The van der Waals surface area contributed by atoms with E-state index in [1.54, 1.807) is 6.07 Å². The molecule has 0 aliphatic carbocycles. The van der Waals surface area contributed by atoms with E-state index in [4.69, 9.17) is 16.3 Å². The number of methoxy groups -OCH3 is 1. The van der Waals surface area contributed by atoms with Gasteiger partial charge in [-0.15, -0.1) is 5.10 Å². The number of nitrogens with zero attached hydrogens (tertiary/aromatic N) is 2. The maximum atomic E-state index is 11.7. The van der Waals surface area contributed by atoms with Crippen molar-refractivity contribution < 1.29 is 13.2 Å².